The highest BCUT2D eigenvalue weighted by Gasteiger charge is 2.34. The van der Waals surface area contributed by atoms with Gasteiger partial charge in [-0.3, -0.25) is 9.80 Å². The average molecular weight is 427 g/mol. The molecule has 3 aromatic rings. The summed E-state index contributed by atoms with van der Waals surface area (Å²) in [4.78, 5) is 19.5. The third-order valence-electron chi connectivity index (χ3n) is 6.02. The summed E-state index contributed by atoms with van der Waals surface area (Å²) in [6.07, 6.45) is 1.44. The van der Waals surface area contributed by atoms with Gasteiger partial charge in [-0.15, -0.1) is 0 Å². The van der Waals surface area contributed by atoms with Gasteiger partial charge in [0, 0.05) is 31.4 Å². The van der Waals surface area contributed by atoms with Crippen LogP contribution in [-0.2, 0) is 4.74 Å². The zero-order valence-corrected chi connectivity index (χ0v) is 17.3. The molecular formula is C22H23FN4O2S. The van der Waals surface area contributed by atoms with Gasteiger partial charge < -0.3 is 14.3 Å². The van der Waals surface area contributed by atoms with Crippen molar-refractivity contribution in [1.29, 1.82) is 0 Å². The Bertz CT molecular complexity index is 1120. The fourth-order valence-corrected chi connectivity index (χ4v) is 4.89. The Morgan fingerprint density at radius 3 is 2.60 bits per heavy atom. The maximum Gasteiger partial charge on any atom is 0.414 e. The fraction of sp³-hybridized carbons (Fsp3) is 0.364. The molecule has 5 rings (SSSR count). The number of ether oxygens (including phenoxy) is 1. The number of nitrogens with zero attached hydrogens (tertiary/aromatic N) is 3. The number of carbonyl (C=O) groups is 1. The first-order valence-electron chi connectivity index (χ1n) is 10.2. The number of anilines is 1. The molecule has 0 aliphatic carbocycles. The lowest BCUT2D eigenvalue weighted by atomic mass is 10.0. The number of nitrogens with one attached hydrogen (secondary N) is 1. The standard InChI is InChI=1S/C22H23FN4O2S/c23-15-5-7-16(8-6-15)26-14-18(29-22(26)28)13-25-11-9-17(10-12-25)27-20-4-2-1-3-19(20)24-21(27)30/h1-8,17-18H,9-14H2,(H,24,30). The maximum atomic E-state index is 13.1. The number of piperidine rings is 1. The van der Waals surface area contributed by atoms with Gasteiger partial charge in [0.2, 0.25) is 0 Å². The average Bonchev–Trinajstić information content (AvgIpc) is 3.28. The van der Waals surface area contributed by atoms with Gasteiger partial charge >= 0.3 is 6.09 Å². The van der Waals surface area contributed by atoms with Crippen LogP contribution in [0.5, 0.6) is 0 Å². The molecule has 0 bridgehead atoms. The second-order valence-electron chi connectivity index (χ2n) is 7.94. The molecule has 2 fully saturated rings. The van der Waals surface area contributed by atoms with E-state index in [0.717, 1.165) is 41.7 Å². The zero-order chi connectivity index (χ0) is 20.7. The molecule has 8 heteroatoms. The number of H-pyrrole nitrogens is 1. The van der Waals surface area contributed by atoms with Gasteiger partial charge in [-0.05, 0) is 61.5 Å². The van der Waals surface area contributed by atoms with Crippen LogP contribution in [0.2, 0.25) is 0 Å². The van der Waals surface area contributed by atoms with E-state index in [1.165, 1.54) is 12.1 Å². The SMILES string of the molecule is O=C1OC(CN2CCC(n3c(=S)[nH]c4ccccc43)CC2)CN1c1ccc(F)cc1. The van der Waals surface area contributed by atoms with Crippen LogP contribution in [0.3, 0.4) is 0 Å². The third-order valence-corrected chi connectivity index (χ3v) is 6.32. The van der Waals surface area contributed by atoms with E-state index in [1.54, 1.807) is 17.0 Å². The van der Waals surface area contributed by atoms with Crippen LogP contribution in [0.15, 0.2) is 48.5 Å². The zero-order valence-electron chi connectivity index (χ0n) is 16.5. The van der Waals surface area contributed by atoms with E-state index in [1.807, 2.05) is 12.1 Å². The van der Waals surface area contributed by atoms with Crippen LogP contribution in [0.1, 0.15) is 18.9 Å². The minimum absolute atomic E-state index is 0.186. The normalized spacial score (nSPS) is 20.8. The molecule has 1 N–H and O–H groups in total. The van der Waals surface area contributed by atoms with Crippen LogP contribution >= 0.6 is 12.2 Å². The Morgan fingerprint density at radius 2 is 1.83 bits per heavy atom. The molecule has 3 heterocycles. The molecule has 1 amide bonds. The Kier molecular flexibility index (Phi) is 5.04. The molecule has 0 saturated carbocycles. The Morgan fingerprint density at radius 1 is 1.10 bits per heavy atom. The molecule has 0 radical (unpaired) electrons. The van der Waals surface area contributed by atoms with Crippen molar-refractivity contribution in [3.05, 3.63) is 59.1 Å². The van der Waals surface area contributed by atoms with E-state index in [9.17, 15) is 9.18 Å². The van der Waals surface area contributed by atoms with Crippen molar-refractivity contribution in [3.63, 3.8) is 0 Å². The number of aromatic amines is 1. The molecule has 0 spiro atoms. The number of fused-ring (bicyclic) bond motifs is 1. The minimum atomic E-state index is -0.369. The summed E-state index contributed by atoms with van der Waals surface area (Å²) in [6, 6.07) is 14.5. The molecule has 30 heavy (non-hydrogen) atoms. The van der Waals surface area contributed by atoms with Gasteiger partial charge in [0.1, 0.15) is 11.9 Å². The molecule has 2 aliphatic rings. The number of hydrogen-bond acceptors (Lipinski definition) is 4. The van der Waals surface area contributed by atoms with Crippen LogP contribution < -0.4 is 4.90 Å². The van der Waals surface area contributed by atoms with Gasteiger partial charge in [0.15, 0.2) is 4.77 Å². The van der Waals surface area contributed by atoms with Crippen molar-refractivity contribution >= 4 is 35.0 Å². The summed E-state index contributed by atoms with van der Waals surface area (Å²) >= 11 is 5.57. The quantitative estimate of drug-likeness (QED) is 0.624. The maximum absolute atomic E-state index is 13.1. The number of aromatic nitrogens is 2. The van der Waals surface area contributed by atoms with Crippen molar-refractivity contribution in [2.75, 3.05) is 31.1 Å². The van der Waals surface area contributed by atoms with E-state index in [-0.39, 0.29) is 18.0 Å². The first-order chi connectivity index (χ1) is 14.6. The molecule has 1 aromatic heterocycles. The van der Waals surface area contributed by atoms with Crippen LogP contribution in [-0.4, -0.2) is 52.8 Å². The van der Waals surface area contributed by atoms with E-state index >= 15 is 0 Å². The molecule has 156 valence electrons. The summed E-state index contributed by atoms with van der Waals surface area (Å²) in [6.45, 7) is 3.04. The van der Waals surface area contributed by atoms with E-state index < -0.39 is 0 Å². The number of carbonyl (C=O) groups excluding carboxylic acids is 1. The number of rotatable bonds is 4. The second-order valence-corrected chi connectivity index (χ2v) is 8.33. The third kappa shape index (κ3) is 3.61. The smallest absolute Gasteiger partial charge is 0.414 e. The van der Waals surface area contributed by atoms with Crippen LogP contribution in [0.4, 0.5) is 14.9 Å². The largest absolute Gasteiger partial charge is 0.443 e. The van der Waals surface area contributed by atoms with Crippen LogP contribution in [0.25, 0.3) is 11.0 Å². The van der Waals surface area contributed by atoms with Crippen LogP contribution in [0, 0.1) is 10.6 Å². The molecule has 1 unspecified atom stereocenters. The first kappa shape index (κ1) is 19.3. The molecule has 1 atom stereocenters. The number of benzene rings is 2. The van der Waals surface area contributed by atoms with Gasteiger partial charge in [-0.2, -0.15) is 0 Å². The minimum Gasteiger partial charge on any atom is -0.443 e. The van der Waals surface area contributed by atoms with Gasteiger partial charge in [0.05, 0.1) is 17.6 Å². The summed E-state index contributed by atoms with van der Waals surface area (Å²) in [5.41, 5.74) is 2.89. The number of imidazole rings is 1. The predicted molar refractivity (Wildman–Crippen MR) is 116 cm³/mol. The van der Waals surface area contributed by atoms with Gasteiger partial charge in [-0.25, -0.2) is 9.18 Å². The van der Waals surface area contributed by atoms with Crippen molar-refractivity contribution in [1.82, 2.24) is 14.5 Å². The number of halogens is 1. The molecule has 2 saturated heterocycles. The monoisotopic (exact) mass is 426 g/mol. The number of likely N-dealkylation sites (tertiary alicyclic amines) is 1. The van der Waals surface area contributed by atoms with Crippen molar-refractivity contribution in [2.24, 2.45) is 0 Å². The highest BCUT2D eigenvalue weighted by atomic mass is 32.1. The second kappa shape index (κ2) is 7.85. The van der Waals surface area contributed by atoms with E-state index in [4.69, 9.17) is 17.0 Å². The van der Waals surface area contributed by atoms with E-state index in [2.05, 4.69) is 26.6 Å². The topological polar surface area (TPSA) is 53.5 Å². The van der Waals surface area contributed by atoms with Crippen molar-refractivity contribution in [2.45, 2.75) is 25.0 Å². The highest BCUT2D eigenvalue weighted by Crippen LogP contribution is 2.28. The summed E-state index contributed by atoms with van der Waals surface area (Å²) in [7, 11) is 0. The number of para-hydroxylation sites is 2. The molecular weight excluding hydrogens is 403 g/mol. The number of cyclic esters (lactones) is 1. The predicted octanol–water partition coefficient (Wildman–Crippen LogP) is 4.50. The molecule has 2 aromatic carbocycles. The van der Waals surface area contributed by atoms with Crippen molar-refractivity contribution < 1.29 is 13.9 Å². The summed E-state index contributed by atoms with van der Waals surface area (Å²) < 4.78 is 21.7. The molecule has 6 nitrogen and oxygen atoms in total. The van der Waals surface area contributed by atoms with Gasteiger partial charge in [-0.1, -0.05) is 12.1 Å². The Hall–Kier alpha value is -2.71. The number of amides is 1. The van der Waals surface area contributed by atoms with Crippen molar-refractivity contribution in [3.8, 4) is 0 Å². The lowest BCUT2D eigenvalue weighted by Crippen LogP contribution is -2.40. The Balaban J connectivity index is 1.20. The number of hydrogen-bond donors (Lipinski definition) is 1. The lowest BCUT2D eigenvalue weighted by Gasteiger charge is -2.33. The first-order valence-corrected chi connectivity index (χ1v) is 10.6. The Labute approximate surface area is 178 Å². The fourth-order valence-electron chi connectivity index (χ4n) is 4.53. The molecule has 2 aliphatic heterocycles. The highest BCUT2D eigenvalue weighted by molar-refractivity contribution is 7.71. The lowest BCUT2D eigenvalue weighted by molar-refractivity contribution is 0.0927. The summed E-state index contributed by atoms with van der Waals surface area (Å²) in [5.74, 6) is -0.318. The van der Waals surface area contributed by atoms with E-state index in [0.29, 0.717) is 24.8 Å². The summed E-state index contributed by atoms with van der Waals surface area (Å²) in [5, 5.41) is 0. The van der Waals surface area contributed by atoms with Gasteiger partial charge in [0.25, 0.3) is 0 Å².